The molecule has 0 unspecified atom stereocenters. The summed E-state index contributed by atoms with van der Waals surface area (Å²) >= 11 is 16.6. The van der Waals surface area contributed by atoms with Crippen LogP contribution in [-0.2, 0) is 0 Å². The monoisotopic (exact) mass is 422 g/mol. The van der Waals surface area contributed by atoms with Gasteiger partial charge in [-0.15, -0.1) is 0 Å². The molecule has 2 aromatic carbocycles. The van der Waals surface area contributed by atoms with Gasteiger partial charge in [-0.05, 0) is 29.8 Å². The van der Waals surface area contributed by atoms with Crippen molar-refractivity contribution >= 4 is 59.4 Å². The number of rotatable bonds is 1. The first-order valence-electron chi connectivity index (χ1n) is 4.49. The zero-order chi connectivity index (χ0) is 11.7. The van der Waals surface area contributed by atoms with E-state index >= 15 is 0 Å². The first-order valence-corrected chi connectivity index (χ1v) is 7.24. The molecule has 4 heteroatoms. The van der Waals surface area contributed by atoms with Gasteiger partial charge in [0.2, 0.25) is 0 Å². The number of hydrogen-bond donors (Lipinski definition) is 0. The van der Waals surface area contributed by atoms with E-state index in [9.17, 15) is 0 Å². The molecule has 0 aliphatic carbocycles. The van der Waals surface area contributed by atoms with Crippen molar-refractivity contribution in [2.45, 2.75) is 0 Å². The molecule has 0 nitrogen and oxygen atoms in total. The van der Waals surface area contributed by atoms with Crippen molar-refractivity contribution < 1.29 is 0 Å². The smallest absolute Gasteiger partial charge is 0.0417 e. The Balaban J connectivity index is 2.68. The summed E-state index contributed by atoms with van der Waals surface area (Å²) in [6, 6.07) is 11.8. The molecule has 0 saturated carbocycles. The van der Waals surface area contributed by atoms with E-state index in [0.717, 1.165) is 29.6 Å². The average Bonchev–Trinajstić information content (AvgIpc) is 2.20. The minimum absolute atomic E-state index is 0.721. The maximum absolute atomic E-state index is 5.93. The Labute approximate surface area is 124 Å². The second kappa shape index (κ2) is 5.21. The maximum atomic E-state index is 5.93. The summed E-state index contributed by atoms with van der Waals surface area (Å²) in [5.41, 5.74) is 2.22. The maximum Gasteiger partial charge on any atom is 0.0417 e. The Morgan fingerprint density at radius 2 is 1.44 bits per heavy atom. The fourth-order valence-corrected chi connectivity index (χ4v) is 3.75. The van der Waals surface area contributed by atoms with E-state index in [1.54, 1.807) is 0 Å². The molecule has 0 heterocycles. The summed E-state index contributed by atoms with van der Waals surface area (Å²) in [4.78, 5) is 0. The molecule has 16 heavy (non-hydrogen) atoms. The van der Waals surface area contributed by atoms with Crippen LogP contribution in [0.2, 0.25) is 5.02 Å². The summed E-state index contributed by atoms with van der Waals surface area (Å²) in [5.74, 6) is 0. The molecule has 0 fully saturated rings. The third-order valence-corrected chi connectivity index (χ3v) is 4.38. The molecule has 2 rings (SSSR count). The van der Waals surface area contributed by atoms with Gasteiger partial charge in [-0.2, -0.15) is 0 Å². The lowest BCUT2D eigenvalue weighted by Crippen LogP contribution is -1.83. The van der Waals surface area contributed by atoms with Crippen LogP contribution in [0.15, 0.2) is 49.8 Å². The SMILES string of the molecule is Clc1ccc(-c2c(Br)cccc2Br)c(Br)c1. The fraction of sp³-hybridized carbons (Fsp3) is 0. The van der Waals surface area contributed by atoms with Crippen LogP contribution in [0.3, 0.4) is 0 Å². The zero-order valence-electron chi connectivity index (χ0n) is 7.98. The van der Waals surface area contributed by atoms with Crippen LogP contribution in [0.25, 0.3) is 11.1 Å². The molecule has 0 spiro atoms. The van der Waals surface area contributed by atoms with Gasteiger partial charge in [0, 0.05) is 24.0 Å². The summed E-state index contributed by atoms with van der Waals surface area (Å²) in [5, 5.41) is 0.721. The van der Waals surface area contributed by atoms with Crippen molar-refractivity contribution in [1.29, 1.82) is 0 Å². The molecule has 0 aliphatic rings. The Bertz CT molecular complexity index is 518. The van der Waals surface area contributed by atoms with Crippen LogP contribution in [-0.4, -0.2) is 0 Å². The first kappa shape index (κ1) is 12.6. The molecule has 0 N–H and O–H groups in total. The highest BCUT2D eigenvalue weighted by molar-refractivity contribution is 9.11. The summed E-state index contributed by atoms with van der Waals surface area (Å²) in [7, 11) is 0. The van der Waals surface area contributed by atoms with Gasteiger partial charge in [0.25, 0.3) is 0 Å². The molecular formula is C12H6Br3Cl. The molecular weight excluding hydrogens is 419 g/mol. The van der Waals surface area contributed by atoms with Crippen LogP contribution in [0.1, 0.15) is 0 Å². The van der Waals surface area contributed by atoms with Crippen molar-refractivity contribution in [2.24, 2.45) is 0 Å². The molecule has 0 aliphatic heterocycles. The predicted molar refractivity (Wildman–Crippen MR) is 80.0 cm³/mol. The van der Waals surface area contributed by atoms with Crippen LogP contribution in [0, 0.1) is 0 Å². The van der Waals surface area contributed by atoms with Gasteiger partial charge in [-0.25, -0.2) is 0 Å². The third kappa shape index (κ3) is 2.53. The Hall–Kier alpha value is 0.170. The minimum Gasteiger partial charge on any atom is -0.0843 e. The summed E-state index contributed by atoms with van der Waals surface area (Å²) < 4.78 is 3.07. The lowest BCUT2D eigenvalue weighted by atomic mass is 10.1. The van der Waals surface area contributed by atoms with Crippen LogP contribution >= 0.6 is 59.4 Å². The molecule has 2 aromatic rings. The van der Waals surface area contributed by atoms with Gasteiger partial charge in [-0.1, -0.05) is 71.5 Å². The standard InChI is InChI=1S/C12H6Br3Cl/c13-9-2-1-3-10(14)12(9)8-5-4-7(16)6-11(8)15/h1-6H. The third-order valence-electron chi connectivity index (χ3n) is 2.16. The first-order chi connectivity index (χ1) is 7.59. The van der Waals surface area contributed by atoms with E-state index in [4.69, 9.17) is 11.6 Å². The Morgan fingerprint density at radius 1 is 0.812 bits per heavy atom. The highest BCUT2D eigenvalue weighted by atomic mass is 79.9. The van der Waals surface area contributed by atoms with Crippen molar-refractivity contribution in [1.82, 2.24) is 0 Å². The van der Waals surface area contributed by atoms with Crippen molar-refractivity contribution in [3.05, 3.63) is 54.8 Å². The highest BCUT2D eigenvalue weighted by Crippen LogP contribution is 2.39. The number of halogens is 4. The normalized spacial score (nSPS) is 10.5. The van der Waals surface area contributed by atoms with Crippen LogP contribution in [0.4, 0.5) is 0 Å². The topological polar surface area (TPSA) is 0 Å². The number of hydrogen-bond acceptors (Lipinski definition) is 0. The fourth-order valence-electron chi connectivity index (χ4n) is 1.45. The van der Waals surface area contributed by atoms with E-state index in [0.29, 0.717) is 0 Å². The van der Waals surface area contributed by atoms with Gasteiger partial charge >= 0.3 is 0 Å². The van der Waals surface area contributed by atoms with Gasteiger partial charge in [0.15, 0.2) is 0 Å². The van der Waals surface area contributed by atoms with E-state index in [-0.39, 0.29) is 0 Å². The Kier molecular flexibility index (Phi) is 4.11. The molecule has 82 valence electrons. The van der Waals surface area contributed by atoms with Crippen LogP contribution < -0.4 is 0 Å². The second-order valence-corrected chi connectivity index (χ2v) is 6.22. The molecule has 0 saturated heterocycles. The van der Waals surface area contributed by atoms with Gasteiger partial charge in [-0.3, -0.25) is 0 Å². The molecule has 0 radical (unpaired) electrons. The lowest BCUT2D eigenvalue weighted by molar-refractivity contribution is 1.53. The van der Waals surface area contributed by atoms with E-state index in [1.807, 2.05) is 36.4 Å². The van der Waals surface area contributed by atoms with Crippen molar-refractivity contribution in [2.75, 3.05) is 0 Å². The van der Waals surface area contributed by atoms with E-state index in [1.165, 1.54) is 0 Å². The number of benzene rings is 2. The molecule has 0 amide bonds. The highest BCUT2D eigenvalue weighted by Gasteiger charge is 2.10. The average molecular weight is 425 g/mol. The van der Waals surface area contributed by atoms with Crippen LogP contribution in [0.5, 0.6) is 0 Å². The second-order valence-electron chi connectivity index (χ2n) is 3.22. The Morgan fingerprint density at radius 3 is 2.00 bits per heavy atom. The summed E-state index contributed by atoms with van der Waals surface area (Å²) in [6.45, 7) is 0. The quantitative estimate of drug-likeness (QED) is 0.504. The van der Waals surface area contributed by atoms with Crippen molar-refractivity contribution in [3.63, 3.8) is 0 Å². The van der Waals surface area contributed by atoms with E-state index in [2.05, 4.69) is 47.8 Å². The lowest BCUT2D eigenvalue weighted by Gasteiger charge is -2.09. The molecule has 0 bridgehead atoms. The van der Waals surface area contributed by atoms with E-state index < -0.39 is 0 Å². The summed E-state index contributed by atoms with van der Waals surface area (Å²) in [6.07, 6.45) is 0. The largest absolute Gasteiger partial charge is 0.0843 e. The van der Waals surface area contributed by atoms with Crippen molar-refractivity contribution in [3.8, 4) is 11.1 Å². The molecule has 0 aromatic heterocycles. The van der Waals surface area contributed by atoms with Gasteiger partial charge in [0.1, 0.15) is 0 Å². The molecule has 0 atom stereocenters. The minimum atomic E-state index is 0.721. The van der Waals surface area contributed by atoms with Gasteiger partial charge in [0.05, 0.1) is 0 Å². The van der Waals surface area contributed by atoms with Gasteiger partial charge < -0.3 is 0 Å². The zero-order valence-corrected chi connectivity index (χ0v) is 13.5. The predicted octanol–water partition coefficient (Wildman–Crippen LogP) is 6.29.